The number of halogens is 3. The molecule has 1 amide bonds. The molecule has 3 heterocycles. The van der Waals surface area contributed by atoms with E-state index in [1.54, 1.807) is 17.1 Å². The standard InChI is InChI=1S/C20H17F3N6O/c1-2-28-11-12(9-25-28)8-24-20(30)15-10-26-29-17(18(22)23)7-16(27-19(15)29)13-3-5-14(21)6-4-13/h3-7,9-11,18H,2,8H2,1H3,(H,24,30). The van der Waals surface area contributed by atoms with Crippen molar-refractivity contribution in [3.63, 3.8) is 0 Å². The third-order valence-corrected chi connectivity index (χ3v) is 4.57. The Labute approximate surface area is 169 Å². The molecule has 0 saturated heterocycles. The highest BCUT2D eigenvalue weighted by Crippen LogP contribution is 2.27. The molecule has 1 N–H and O–H groups in total. The summed E-state index contributed by atoms with van der Waals surface area (Å²) >= 11 is 0. The Hall–Kier alpha value is -3.69. The fraction of sp³-hybridized carbons (Fsp3) is 0.200. The van der Waals surface area contributed by atoms with Crippen LogP contribution in [0.5, 0.6) is 0 Å². The van der Waals surface area contributed by atoms with Crippen molar-refractivity contribution in [3.05, 3.63) is 71.6 Å². The molecule has 10 heteroatoms. The first kappa shape index (κ1) is 19.6. The summed E-state index contributed by atoms with van der Waals surface area (Å²) in [4.78, 5) is 17.0. The molecule has 0 atom stereocenters. The number of nitrogens with one attached hydrogen (secondary N) is 1. The summed E-state index contributed by atoms with van der Waals surface area (Å²) in [5.41, 5.74) is 1.08. The Balaban J connectivity index is 1.69. The van der Waals surface area contributed by atoms with Gasteiger partial charge >= 0.3 is 0 Å². The van der Waals surface area contributed by atoms with Gasteiger partial charge in [-0.25, -0.2) is 22.7 Å². The van der Waals surface area contributed by atoms with Crippen LogP contribution in [-0.4, -0.2) is 30.3 Å². The monoisotopic (exact) mass is 414 g/mol. The van der Waals surface area contributed by atoms with Gasteiger partial charge < -0.3 is 5.32 Å². The number of hydrogen-bond donors (Lipinski definition) is 1. The molecule has 154 valence electrons. The molecule has 0 aliphatic carbocycles. The summed E-state index contributed by atoms with van der Waals surface area (Å²) in [5.74, 6) is -0.956. The van der Waals surface area contributed by atoms with Gasteiger partial charge in [0.25, 0.3) is 12.3 Å². The van der Waals surface area contributed by atoms with Gasteiger partial charge in [0.15, 0.2) is 5.65 Å². The van der Waals surface area contributed by atoms with Gasteiger partial charge in [-0.1, -0.05) is 0 Å². The van der Waals surface area contributed by atoms with Crippen LogP contribution in [0.4, 0.5) is 13.2 Å². The van der Waals surface area contributed by atoms with E-state index >= 15 is 0 Å². The Morgan fingerprint density at radius 1 is 1.17 bits per heavy atom. The lowest BCUT2D eigenvalue weighted by molar-refractivity contribution is 0.0952. The second-order valence-corrected chi connectivity index (χ2v) is 6.55. The van der Waals surface area contributed by atoms with Gasteiger partial charge in [-0.05, 0) is 37.3 Å². The van der Waals surface area contributed by atoms with E-state index in [2.05, 4.69) is 20.5 Å². The Bertz CT molecular complexity index is 1200. The number of nitrogens with zero attached hydrogens (tertiary/aromatic N) is 5. The van der Waals surface area contributed by atoms with Gasteiger partial charge in [0, 0.05) is 30.4 Å². The van der Waals surface area contributed by atoms with Crippen LogP contribution in [0, 0.1) is 5.82 Å². The number of alkyl halides is 2. The van der Waals surface area contributed by atoms with E-state index in [4.69, 9.17) is 0 Å². The van der Waals surface area contributed by atoms with E-state index in [0.717, 1.165) is 10.1 Å². The molecule has 0 aliphatic rings. The third-order valence-electron chi connectivity index (χ3n) is 4.57. The number of carbonyl (C=O) groups excluding carboxylic acids is 1. The lowest BCUT2D eigenvalue weighted by Crippen LogP contribution is -2.22. The molecule has 0 unspecified atom stereocenters. The lowest BCUT2D eigenvalue weighted by atomic mass is 10.1. The SMILES string of the molecule is CCn1cc(CNC(=O)c2cnn3c(C(F)F)cc(-c4ccc(F)cc4)nc23)cn1. The van der Waals surface area contributed by atoms with Crippen molar-refractivity contribution in [2.24, 2.45) is 0 Å². The summed E-state index contributed by atoms with van der Waals surface area (Å²) in [5, 5.41) is 10.8. The minimum atomic E-state index is -2.84. The Kier molecular flexibility index (Phi) is 5.21. The maximum Gasteiger partial charge on any atom is 0.280 e. The first-order valence-corrected chi connectivity index (χ1v) is 9.18. The summed E-state index contributed by atoms with van der Waals surface area (Å²) in [6.45, 7) is 2.86. The molecule has 0 saturated carbocycles. The van der Waals surface area contributed by atoms with Crippen LogP contribution in [0.3, 0.4) is 0 Å². The number of carbonyl (C=O) groups is 1. The first-order chi connectivity index (χ1) is 14.5. The average Bonchev–Trinajstić information content (AvgIpc) is 3.38. The Morgan fingerprint density at radius 2 is 1.93 bits per heavy atom. The zero-order valence-electron chi connectivity index (χ0n) is 15.9. The van der Waals surface area contributed by atoms with Crippen LogP contribution in [0.1, 0.15) is 35.0 Å². The van der Waals surface area contributed by atoms with Crippen molar-refractivity contribution in [1.82, 2.24) is 29.7 Å². The number of rotatable bonds is 6. The second-order valence-electron chi connectivity index (χ2n) is 6.55. The molecule has 0 spiro atoms. The quantitative estimate of drug-likeness (QED) is 0.523. The molecule has 30 heavy (non-hydrogen) atoms. The second kappa shape index (κ2) is 7.97. The van der Waals surface area contributed by atoms with Crippen molar-refractivity contribution in [2.75, 3.05) is 0 Å². The zero-order chi connectivity index (χ0) is 21.3. The van der Waals surface area contributed by atoms with E-state index in [1.807, 2.05) is 6.92 Å². The molecule has 0 fully saturated rings. The van der Waals surface area contributed by atoms with Gasteiger partial charge in [-0.15, -0.1) is 0 Å². The summed E-state index contributed by atoms with van der Waals surface area (Å²) < 4.78 is 43.1. The van der Waals surface area contributed by atoms with Gasteiger partial charge in [0.1, 0.15) is 17.1 Å². The maximum absolute atomic E-state index is 13.6. The summed E-state index contributed by atoms with van der Waals surface area (Å²) in [6, 6.07) is 6.47. The molecule has 7 nitrogen and oxygen atoms in total. The molecule has 4 aromatic rings. The fourth-order valence-corrected chi connectivity index (χ4v) is 3.02. The first-order valence-electron chi connectivity index (χ1n) is 9.18. The van der Waals surface area contributed by atoms with E-state index < -0.39 is 23.8 Å². The van der Waals surface area contributed by atoms with E-state index in [9.17, 15) is 18.0 Å². The van der Waals surface area contributed by atoms with E-state index in [0.29, 0.717) is 12.1 Å². The summed E-state index contributed by atoms with van der Waals surface area (Å²) in [6.07, 6.45) is 1.80. The number of fused-ring (bicyclic) bond motifs is 1. The van der Waals surface area contributed by atoms with Gasteiger partial charge in [-0.3, -0.25) is 9.48 Å². The van der Waals surface area contributed by atoms with Crippen molar-refractivity contribution >= 4 is 11.6 Å². The van der Waals surface area contributed by atoms with E-state index in [-0.39, 0.29) is 23.4 Å². The van der Waals surface area contributed by atoms with Gasteiger partial charge in [0.05, 0.1) is 18.1 Å². The largest absolute Gasteiger partial charge is 0.348 e. The average molecular weight is 414 g/mol. The highest BCUT2D eigenvalue weighted by Gasteiger charge is 2.21. The zero-order valence-corrected chi connectivity index (χ0v) is 15.9. The molecule has 1 aromatic carbocycles. The third kappa shape index (κ3) is 3.76. The molecular weight excluding hydrogens is 397 g/mol. The highest BCUT2D eigenvalue weighted by molar-refractivity contribution is 5.99. The Morgan fingerprint density at radius 3 is 2.60 bits per heavy atom. The van der Waals surface area contributed by atoms with Crippen LogP contribution in [0.25, 0.3) is 16.9 Å². The predicted octanol–water partition coefficient (Wildman–Crippen LogP) is 3.62. The molecule has 0 radical (unpaired) electrons. The fourth-order valence-electron chi connectivity index (χ4n) is 3.02. The lowest BCUT2D eigenvalue weighted by Gasteiger charge is -2.09. The molecule has 0 aliphatic heterocycles. The van der Waals surface area contributed by atoms with Crippen LogP contribution in [0.15, 0.2) is 48.9 Å². The molecular formula is C20H17F3N6O. The highest BCUT2D eigenvalue weighted by atomic mass is 19.3. The number of aromatic nitrogens is 5. The van der Waals surface area contributed by atoms with Gasteiger partial charge in [-0.2, -0.15) is 10.2 Å². The topological polar surface area (TPSA) is 77.1 Å². The number of aryl methyl sites for hydroxylation is 1. The molecule has 0 bridgehead atoms. The van der Waals surface area contributed by atoms with Gasteiger partial charge in [0.2, 0.25) is 0 Å². The minimum Gasteiger partial charge on any atom is -0.348 e. The van der Waals surface area contributed by atoms with E-state index in [1.165, 1.54) is 36.5 Å². The maximum atomic E-state index is 13.6. The number of hydrogen-bond acceptors (Lipinski definition) is 4. The summed E-state index contributed by atoms with van der Waals surface area (Å²) in [7, 11) is 0. The van der Waals surface area contributed by atoms with Crippen LogP contribution >= 0.6 is 0 Å². The number of amides is 1. The van der Waals surface area contributed by atoms with Crippen LogP contribution in [-0.2, 0) is 13.1 Å². The van der Waals surface area contributed by atoms with Crippen LogP contribution < -0.4 is 5.32 Å². The van der Waals surface area contributed by atoms with Crippen LogP contribution in [0.2, 0.25) is 0 Å². The predicted molar refractivity (Wildman–Crippen MR) is 102 cm³/mol. The molecule has 4 rings (SSSR count). The van der Waals surface area contributed by atoms with Crippen molar-refractivity contribution in [3.8, 4) is 11.3 Å². The smallest absolute Gasteiger partial charge is 0.280 e. The normalized spacial score (nSPS) is 11.4. The van der Waals surface area contributed by atoms with Crippen molar-refractivity contribution < 1.29 is 18.0 Å². The van der Waals surface area contributed by atoms with Crippen molar-refractivity contribution in [1.29, 1.82) is 0 Å². The number of benzene rings is 1. The van der Waals surface area contributed by atoms with Crippen molar-refractivity contribution in [2.45, 2.75) is 26.4 Å². The minimum absolute atomic E-state index is 0.00567. The molecule has 3 aromatic heterocycles.